The Morgan fingerprint density at radius 1 is 1.17 bits per heavy atom. The van der Waals surface area contributed by atoms with E-state index < -0.39 is 0 Å². The van der Waals surface area contributed by atoms with Crippen molar-refractivity contribution in [2.24, 2.45) is 0 Å². The van der Waals surface area contributed by atoms with Crippen molar-refractivity contribution in [3.8, 4) is 0 Å². The number of nitrogens with zero attached hydrogens (tertiary/aromatic N) is 2. The minimum Gasteiger partial charge on any atom is -0.352 e. The van der Waals surface area contributed by atoms with E-state index in [-0.39, 0.29) is 0 Å². The van der Waals surface area contributed by atoms with Gasteiger partial charge >= 0.3 is 0 Å². The Balaban J connectivity index is 2.68. The summed E-state index contributed by atoms with van der Waals surface area (Å²) in [5.74, 6) is 0. The summed E-state index contributed by atoms with van der Waals surface area (Å²) in [7, 11) is 0. The number of aromatic amines is 1. The van der Waals surface area contributed by atoms with Gasteiger partial charge < -0.3 is 4.98 Å². The zero-order chi connectivity index (χ0) is 7.97. The molecule has 0 amide bonds. The highest BCUT2D eigenvalue weighted by Crippen LogP contribution is 2.28. The standard InChI is InChI=1S/C8H5N3S/c1-2-12-8-5-3-9-10-4-7(5)11-6(1)8/h1-4,11H. The summed E-state index contributed by atoms with van der Waals surface area (Å²) in [6, 6.07) is 2.07. The Hall–Kier alpha value is -1.42. The summed E-state index contributed by atoms with van der Waals surface area (Å²) in [4.78, 5) is 3.27. The SMILES string of the molecule is c1cc2[nH]c3cnncc3c2s1. The Kier molecular flexibility index (Phi) is 1.04. The van der Waals surface area contributed by atoms with Gasteiger partial charge in [0.25, 0.3) is 0 Å². The monoisotopic (exact) mass is 175 g/mol. The molecule has 0 aliphatic rings. The van der Waals surface area contributed by atoms with Gasteiger partial charge in [0.1, 0.15) is 0 Å². The lowest BCUT2D eigenvalue weighted by atomic mass is 10.4. The third-order valence-corrected chi connectivity index (χ3v) is 2.86. The van der Waals surface area contributed by atoms with Crippen LogP contribution in [-0.4, -0.2) is 15.2 Å². The average Bonchev–Trinajstić information content (AvgIpc) is 2.62. The first-order valence-corrected chi connectivity index (χ1v) is 4.49. The Morgan fingerprint density at radius 2 is 2.08 bits per heavy atom. The van der Waals surface area contributed by atoms with E-state index >= 15 is 0 Å². The molecule has 3 rings (SSSR count). The van der Waals surface area contributed by atoms with Crippen LogP contribution >= 0.6 is 11.3 Å². The second-order valence-corrected chi connectivity index (χ2v) is 3.52. The molecule has 0 saturated carbocycles. The van der Waals surface area contributed by atoms with E-state index in [9.17, 15) is 0 Å². The van der Waals surface area contributed by atoms with E-state index in [1.807, 2.05) is 0 Å². The van der Waals surface area contributed by atoms with Crippen molar-refractivity contribution in [2.75, 3.05) is 0 Å². The van der Waals surface area contributed by atoms with Crippen molar-refractivity contribution in [1.29, 1.82) is 0 Å². The summed E-state index contributed by atoms with van der Waals surface area (Å²) >= 11 is 1.72. The highest BCUT2D eigenvalue weighted by Gasteiger charge is 2.03. The number of aromatic nitrogens is 3. The molecule has 3 nitrogen and oxygen atoms in total. The molecule has 0 atom stereocenters. The van der Waals surface area contributed by atoms with Gasteiger partial charge in [-0.2, -0.15) is 10.2 Å². The van der Waals surface area contributed by atoms with E-state index in [1.54, 1.807) is 23.7 Å². The molecule has 3 aromatic rings. The third-order valence-electron chi connectivity index (χ3n) is 1.91. The summed E-state index contributed by atoms with van der Waals surface area (Å²) < 4.78 is 1.26. The minimum absolute atomic E-state index is 1.06. The van der Waals surface area contributed by atoms with Crippen molar-refractivity contribution in [3.05, 3.63) is 23.8 Å². The van der Waals surface area contributed by atoms with Crippen LogP contribution < -0.4 is 0 Å². The molecular weight excluding hydrogens is 170 g/mol. The normalized spacial score (nSPS) is 11.3. The Morgan fingerprint density at radius 3 is 3.08 bits per heavy atom. The van der Waals surface area contributed by atoms with Crippen LogP contribution in [0.5, 0.6) is 0 Å². The van der Waals surface area contributed by atoms with E-state index in [1.165, 1.54) is 10.2 Å². The van der Waals surface area contributed by atoms with Gasteiger partial charge in [-0.05, 0) is 11.4 Å². The topological polar surface area (TPSA) is 41.6 Å². The number of H-pyrrole nitrogens is 1. The van der Waals surface area contributed by atoms with Gasteiger partial charge in [0.05, 0.1) is 28.1 Å². The lowest BCUT2D eigenvalue weighted by molar-refractivity contribution is 1.05. The second-order valence-electron chi connectivity index (χ2n) is 2.60. The van der Waals surface area contributed by atoms with Crippen molar-refractivity contribution in [3.63, 3.8) is 0 Å². The number of rotatable bonds is 0. The number of nitrogens with one attached hydrogen (secondary N) is 1. The highest BCUT2D eigenvalue weighted by molar-refractivity contribution is 7.18. The molecule has 0 spiro atoms. The predicted octanol–water partition coefficient (Wildman–Crippen LogP) is 2.17. The van der Waals surface area contributed by atoms with Crippen LogP contribution in [0.15, 0.2) is 23.8 Å². The summed E-state index contributed by atoms with van der Waals surface area (Å²) in [5.41, 5.74) is 2.23. The van der Waals surface area contributed by atoms with Crippen LogP contribution in [0.1, 0.15) is 0 Å². The van der Waals surface area contributed by atoms with Crippen molar-refractivity contribution >= 4 is 32.5 Å². The third kappa shape index (κ3) is 0.648. The van der Waals surface area contributed by atoms with Gasteiger partial charge in [-0.1, -0.05) is 0 Å². The predicted molar refractivity (Wildman–Crippen MR) is 49.3 cm³/mol. The van der Waals surface area contributed by atoms with E-state index in [0.717, 1.165) is 10.9 Å². The number of fused-ring (bicyclic) bond motifs is 3. The molecule has 3 heterocycles. The van der Waals surface area contributed by atoms with Gasteiger partial charge in [-0.15, -0.1) is 11.3 Å². The summed E-state index contributed by atoms with van der Waals surface area (Å²) in [6.45, 7) is 0. The summed E-state index contributed by atoms with van der Waals surface area (Å²) in [6.07, 6.45) is 3.55. The van der Waals surface area contributed by atoms with Gasteiger partial charge in [-0.25, -0.2) is 0 Å². The molecule has 0 aromatic carbocycles. The fraction of sp³-hybridized carbons (Fsp3) is 0. The second kappa shape index (κ2) is 2.04. The van der Waals surface area contributed by atoms with Crippen LogP contribution in [0.25, 0.3) is 21.1 Å². The fourth-order valence-electron chi connectivity index (χ4n) is 1.36. The molecule has 0 bridgehead atoms. The molecular formula is C8H5N3S. The zero-order valence-corrected chi connectivity index (χ0v) is 6.93. The molecule has 0 radical (unpaired) electrons. The maximum absolute atomic E-state index is 3.85. The first kappa shape index (κ1) is 6.14. The van der Waals surface area contributed by atoms with Crippen LogP contribution in [0.4, 0.5) is 0 Å². The van der Waals surface area contributed by atoms with E-state index in [4.69, 9.17) is 0 Å². The largest absolute Gasteiger partial charge is 0.352 e. The Labute approximate surface area is 72.1 Å². The van der Waals surface area contributed by atoms with Gasteiger partial charge in [0, 0.05) is 5.39 Å². The lowest BCUT2D eigenvalue weighted by Gasteiger charge is -1.83. The van der Waals surface area contributed by atoms with Crippen molar-refractivity contribution in [2.45, 2.75) is 0 Å². The maximum atomic E-state index is 3.85. The van der Waals surface area contributed by atoms with Crippen molar-refractivity contribution in [1.82, 2.24) is 15.2 Å². The molecule has 0 saturated heterocycles. The van der Waals surface area contributed by atoms with Gasteiger partial charge in [0.2, 0.25) is 0 Å². The van der Waals surface area contributed by atoms with Gasteiger partial charge in [-0.3, -0.25) is 0 Å². The fourth-order valence-corrected chi connectivity index (χ4v) is 2.24. The smallest absolute Gasteiger partial charge is 0.0738 e. The van der Waals surface area contributed by atoms with Crippen LogP contribution in [0, 0.1) is 0 Å². The highest BCUT2D eigenvalue weighted by atomic mass is 32.1. The molecule has 0 aliphatic carbocycles. The number of hydrogen-bond acceptors (Lipinski definition) is 3. The first-order valence-electron chi connectivity index (χ1n) is 3.61. The molecule has 0 unspecified atom stereocenters. The Bertz CT molecular complexity index is 536. The number of hydrogen-bond donors (Lipinski definition) is 1. The van der Waals surface area contributed by atoms with Crippen LogP contribution in [0.2, 0.25) is 0 Å². The molecule has 3 aromatic heterocycles. The summed E-state index contributed by atoms with van der Waals surface area (Å²) in [5, 5.41) is 10.9. The molecule has 0 fully saturated rings. The zero-order valence-electron chi connectivity index (χ0n) is 6.11. The maximum Gasteiger partial charge on any atom is 0.0738 e. The van der Waals surface area contributed by atoms with E-state index in [0.29, 0.717) is 0 Å². The molecule has 4 heteroatoms. The molecule has 58 valence electrons. The van der Waals surface area contributed by atoms with Crippen LogP contribution in [-0.2, 0) is 0 Å². The minimum atomic E-state index is 1.06. The first-order chi connectivity index (χ1) is 5.95. The van der Waals surface area contributed by atoms with Crippen LogP contribution in [0.3, 0.4) is 0 Å². The molecule has 1 N–H and O–H groups in total. The lowest BCUT2D eigenvalue weighted by Crippen LogP contribution is -1.76. The number of thiophene rings is 1. The molecule has 0 aliphatic heterocycles. The average molecular weight is 175 g/mol. The van der Waals surface area contributed by atoms with Crippen molar-refractivity contribution < 1.29 is 0 Å². The van der Waals surface area contributed by atoms with E-state index in [2.05, 4.69) is 26.6 Å². The van der Waals surface area contributed by atoms with Gasteiger partial charge in [0.15, 0.2) is 0 Å². The quantitative estimate of drug-likeness (QED) is 0.569. The molecule has 12 heavy (non-hydrogen) atoms.